The molecule has 6 nitrogen and oxygen atoms in total. The van der Waals surface area contributed by atoms with E-state index >= 15 is 0 Å². The molecule has 1 aliphatic rings. The molecule has 3 rings (SSSR count). The van der Waals surface area contributed by atoms with Crippen LogP contribution in [0.1, 0.15) is 29.5 Å². The minimum absolute atomic E-state index is 0.645. The van der Waals surface area contributed by atoms with Gasteiger partial charge in [-0.25, -0.2) is 0 Å². The first kappa shape index (κ1) is 23.2. The van der Waals surface area contributed by atoms with Gasteiger partial charge in [0.1, 0.15) is 0 Å². The van der Waals surface area contributed by atoms with Gasteiger partial charge >= 0.3 is 0 Å². The lowest BCUT2D eigenvalue weighted by Crippen LogP contribution is -2.39. The maximum atomic E-state index is 11.2. The van der Waals surface area contributed by atoms with Crippen LogP contribution in [0.15, 0.2) is 30.3 Å². The largest absolute Gasteiger partial charge is 0.493 e. The molecule has 0 amide bonds. The third-order valence-electron chi connectivity index (χ3n) is 6.27. The highest BCUT2D eigenvalue weighted by atomic mass is 16.5. The summed E-state index contributed by atoms with van der Waals surface area (Å²) in [6.45, 7) is 1.75. The zero-order valence-corrected chi connectivity index (χ0v) is 19.4. The monoisotopic (exact) mass is 429 g/mol. The fourth-order valence-corrected chi connectivity index (χ4v) is 4.25. The molecule has 1 atom stereocenters. The Morgan fingerprint density at radius 2 is 1.45 bits per heavy atom. The molecule has 1 N–H and O–H groups in total. The minimum Gasteiger partial charge on any atom is -0.493 e. The highest BCUT2D eigenvalue weighted by Gasteiger charge is 2.33. The Bertz CT molecular complexity index is 884. The second-order valence-corrected chi connectivity index (χ2v) is 8.37. The number of aliphatic hydroxyl groups is 1. The van der Waals surface area contributed by atoms with Crippen LogP contribution in [0.2, 0.25) is 0 Å². The molecule has 0 heterocycles. The Kier molecular flexibility index (Phi) is 7.68. The lowest BCUT2D eigenvalue weighted by Gasteiger charge is -2.35. The van der Waals surface area contributed by atoms with Crippen molar-refractivity contribution in [3.63, 3.8) is 0 Å². The quantitative estimate of drug-likeness (QED) is 0.624. The molecule has 0 saturated heterocycles. The Morgan fingerprint density at radius 1 is 0.839 bits per heavy atom. The molecule has 2 aromatic rings. The van der Waals surface area contributed by atoms with Gasteiger partial charge in [0.05, 0.1) is 34.0 Å². The van der Waals surface area contributed by atoms with Gasteiger partial charge in [-0.1, -0.05) is 6.07 Å². The number of benzene rings is 2. The summed E-state index contributed by atoms with van der Waals surface area (Å²) in [6.07, 6.45) is 3.91. The molecule has 31 heavy (non-hydrogen) atoms. The van der Waals surface area contributed by atoms with Crippen LogP contribution in [0, 0.1) is 0 Å². The van der Waals surface area contributed by atoms with E-state index in [1.54, 1.807) is 28.4 Å². The maximum absolute atomic E-state index is 11.2. The van der Waals surface area contributed by atoms with E-state index in [2.05, 4.69) is 18.0 Å². The fraction of sp³-hybridized carbons (Fsp3) is 0.520. The second-order valence-electron chi connectivity index (χ2n) is 8.37. The van der Waals surface area contributed by atoms with Crippen LogP contribution in [-0.2, 0) is 19.3 Å². The first-order valence-corrected chi connectivity index (χ1v) is 10.8. The number of fused-ring (bicyclic) bond motifs is 1. The van der Waals surface area contributed by atoms with Crippen LogP contribution in [0.4, 0.5) is 0 Å². The second kappa shape index (κ2) is 10.2. The third-order valence-corrected chi connectivity index (χ3v) is 6.27. The van der Waals surface area contributed by atoms with Gasteiger partial charge < -0.3 is 29.0 Å². The van der Waals surface area contributed by atoms with Crippen molar-refractivity contribution in [1.29, 1.82) is 0 Å². The number of methoxy groups -OCH3 is 4. The molecular weight excluding hydrogens is 394 g/mol. The molecule has 0 fully saturated rings. The first-order valence-electron chi connectivity index (χ1n) is 10.8. The molecule has 0 spiro atoms. The summed E-state index contributed by atoms with van der Waals surface area (Å²) < 4.78 is 21.6. The van der Waals surface area contributed by atoms with Crippen LogP contribution >= 0.6 is 0 Å². The molecule has 0 bridgehead atoms. The van der Waals surface area contributed by atoms with Crippen molar-refractivity contribution in [2.75, 3.05) is 48.6 Å². The van der Waals surface area contributed by atoms with Crippen LogP contribution in [-0.4, -0.2) is 64.2 Å². The summed E-state index contributed by atoms with van der Waals surface area (Å²) in [7, 11) is 8.71. The van der Waals surface area contributed by atoms with E-state index in [-0.39, 0.29) is 0 Å². The fourth-order valence-electron chi connectivity index (χ4n) is 4.25. The molecule has 0 aromatic heterocycles. The van der Waals surface area contributed by atoms with Gasteiger partial charge in [-0.2, -0.15) is 0 Å². The predicted octanol–water partition coefficient (Wildman–Crippen LogP) is 3.51. The molecule has 0 saturated carbocycles. The van der Waals surface area contributed by atoms with E-state index in [0.717, 1.165) is 67.3 Å². The summed E-state index contributed by atoms with van der Waals surface area (Å²) in [4.78, 5) is 2.28. The molecule has 170 valence electrons. The van der Waals surface area contributed by atoms with E-state index in [9.17, 15) is 5.11 Å². The SMILES string of the molecule is COc1ccc(CCN(C)CCC2(O)CCc3cc(OC)c(OC)cc3C2)cc1OC. The van der Waals surface area contributed by atoms with Crippen molar-refractivity contribution >= 4 is 0 Å². The van der Waals surface area contributed by atoms with Gasteiger partial charge in [-0.15, -0.1) is 0 Å². The number of hydrogen-bond acceptors (Lipinski definition) is 6. The van der Waals surface area contributed by atoms with Crippen LogP contribution in [0.5, 0.6) is 23.0 Å². The normalized spacial score (nSPS) is 17.9. The molecule has 1 unspecified atom stereocenters. The Labute approximate surface area is 185 Å². The van der Waals surface area contributed by atoms with Gasteiger partial charge in [0.2, 0.25) is 0 Å². The molecule has 0 aliphatic heterocycles. The topological polar surface area (TPSA) is 60.4 Å². The number of nitrogens with zero attached hydrogens (tertiary/aromatic N) is 1. The predicted molar refractivity (Wildman–Crippen MR) is 122 cm³/mol. The van der Waals surface area contributed by atoms with Crippen LogP contribution in [0.25, 0.3) is 0 Å². The van der Waals surface area contributed by atoms with Crippen LogP contribution < -0.4 is 18.9 Å². The van der Waals surface area contributed by atoms with Gasteiger partial charge in [0.25, 0.3) is 0 Å². The van der Waals surface area contributed by atoms with Gasteiger partial charge in [0, 0.05) is 19.5 Å². The van der Waals surface area contributed by atoms with Crippen molar-refractivity contribution in [2.45, 2.75) is 37.7 Å². The molecule has 1 aliphatic carbocycles. The zero-order chi connectivity index (χ0) is 22.4. The summed E-state index contributed by atoms with van der Waals surface area (Å²) in [5.41, 5.74) is 2.91. The Balaban J connectivity index is 1.55. The number of hydrogen-bond donors (Lipinski definition) is 1. The Hall–Kier alpha value is -2.44. The van der Waals surface area contributed by atoms with Crippen molar-refractivity contribution in [3.05, 3.63) is 47.0 Å². The molecule has 6 heteroatoms. The lowest BCUT2D eigenvalue weighted by molar-refractivity contribution is 0.0106. The van der Waals surface area contributed by atoms with E-state index in [1.807, 2.05) is 24.3 Å². The molecule has 0 radical (unpaired) electrons. The van der Waals surface area contributed by atoms with E-state index in [4.69, 9.17) is 18.9 Å². The zero-order valence-electron chi connectivity index (χ0n) is 19.4. The van der Waals surface area contributed by atoms with Gasteiger partial charge in [0.15, 0.2) is 23.0 Å². The highest BCUT2D eigenvalue weighted by Crippen LogP contribution is 2.38. The van der Waals surface area contributed by atoms with E-state index in [0.29, 0.717) is 6.42 Å². The maximum Gasteiger partial charge on any atom is 0.161 e. The van der Waals surface area contributed by atoms with E-state index in [1.165, 1.54) is 11.1 Å². The first-order chi connectivity index (χ1) is 14.9. The number of ether oxygens (including phenoxy) is 4. The van der Waals surface area contributed by atoms with Crippen molar-refractivity contribution in [1.82, 2.24) is 4.90 Å². The molecule has 2 aromatic carbocycles. The van der Waals surface area contributed by atoms with Gasteiger partial charge in [-0.3, -0.25) is 0 Å². The summed E-state index contributed by atoms with van der Waals surface area (Å²) in [5.74, 6) is 2.97. The van der Waals surface area contributed by atoms with E-state index < -0.39 is 5.60 Å². The molecular formula is C25H35NO5. The van der Waals surface area contributed by atoms with Crippen molar-refractivity contribution in [2.24, 2.45) is 0 Å². The number of likely N-dealkylation sites (N-methyl/N-ethyl adjacent to an activating group) is 1. The average Bonchev–Trinajstić information content (AvgIpc) is 2.80. The standard InChI is InChI=1S/C25H35NO5/c1-26(12-9-18-6-7-21(28-2)22(14-18)29-3)13-11-25(27)10-8-19-15-23(30-4)24(31-5)16-20(19)17-25/h6-7,14-16,27H,8-13,17H2,1-5H3. The Morgan fingerprint density at radius 3 is 2.10 bits per heavy atom. The van der Waals surface area contributed by atoms with Crippen molar-refractivity contribution in [3.8, 4) is 23.0 Å². The lowest BCUT2D eigenvalue weighted by atomic mass is 9.78. The van der Waals surface area contributed by atoms with Gasteiger partial charge in [-0.05, 0) is 73.7 Å². The smallest absolute Gasteiger partial charge is 0.161 e. The minimum atomic E-state index is -0.690. The summed E-state index contributed by atoms with van der Waals surface area (Å²) in [6, 6.07) is 10.1. The third kappa shape index (κ3) is 5.63. The number of aryl methyl sites for hydroxylation is 1. The van der Waals surface area contributed by atoms with Crippen LogP contribution in [0.3, 0.4) is 0 Å². The number of rotatable bonds is 10. The summed E-state index contributed by atoms with van der Waals surface area (Å²) >= 11 is 0. The average molecular weight is 430 g/mol. The highest BCUT2D eigenvalue weighted by molar-refractivity contribution is 5.49. The van der Waals surface area contributed by atoms with Crippen molar-refractivity contribution < 1.29 is 24.1 Å². The summed E-state index contributed by atoms with van der Waals surface area (Å²) in [5, 5.41) is 11.2.